The Morgan fingerprint density at radius 1 is 1.14 bits per heavy atom. The van der Waals surface area contributed by atoms with E-state index in [0.717, 1.165) is 18.4 Å². The van der Waals surface area contributed by atoms with Crippen LogP contribution in [0.3, 0.4) is 0 Å². The van der Waals surface area contributed by atoms with E-state index in [1.54, 1.807) is 46.3 Å². The molecule has 1 fully saturated rings. The SMILES string of the molecule is CCCCOC1(c2ccc(F)cc2)CN(C(=O)[C@@H](Cc2cccc(F)c2)n2cnc(CCC(N)=O)c2)C1. The van der Waals surface area contributed by atoms with Gasteiger partial charge in [-0.15, -0.1) is 0 Å². The number of imidazole rings is 1. The third-order valence-electron chi connectivity index (χ3n) is 6.70. The smallest absolute Gasteiger partial charge is 0.246 e. The standard InChI is InChI=1S/C28H32F2N4O3/c1-2-3-13-37-28(21-7-9-22(29)10-8-21)17-34(18-28)27(36)25(15-20-5-4-6-23(30)14-20)33-16-24(32-19-33)11-12-26(31)35/h4-10,14,16,19,25H,2-3,11-13,15,17-18H2,1H3,(H2,31,35)/t25-/m1/s1. The van der Waals surface area contributed by atoms with Crippen LogP contribution >= 0.6 is 0 Å². The number of nitrogens with zero attached hydrogens (tertiary/aromatic N) is 3. The van der Waals surface area contributed by atoms with Crippen LogP contribution < -0.4 is 5.73 Å². The van der Waals surface area contributed by atoms with Gasteiger partial charge in [-0.3, -0.25) is 9.59 Å². The minimum atomic E-state index is -0.705. The molecule has 2 N–H and O–H groups in total. The molecule has 0 spiro atoms. The molecular weight excluding hydrogens is 478 g/mol. The van der Waals surface area contributed by atoms with E-state index in [1.165, 1.54) is 24.3 Å². The molecule has 4 rings (SSSR count). The predicted octanol–water partition coefficient (Wildman–Crippen LogP) is 3.92. The molecule has 1 aromatic heterocycles. The fourth-order valence-electron chi connectivity index (χ4n) is 4.60. The van der Waals surface area contributed by atoms with Crippen LogP contribution in [0.1, 0.15) is 49.0 Å². The van der Waals surface area contributed by atoms with Crippen LogP contribution in [0.4, 0.5) is 8.78 Å². The largest absolute Gasteiger partial charge is 0.370 e. The number of hydrogen-bond donors (Lipinski definition) is 1. The van der Waals surface area contributed by atoms with E-state index in [-0.39, 0.29) is 30.4 Å². The zero-order valence-corrected chi connectivity index (χ0v) is 20.9. The van der Waals surface area contributed by atoms with Gasteiger partial charge in [0.15, 0.2) is 0 Å². The van der Waals surface area contributed by atoms with Crippen LogP contribution in [0.2, 0.25) is 0 Å². The lowest BCUT2D eigenvalue weighted by Crippen LogP contribution is -2.63. The van der Waals surface area contributed by atoms with Gasteiger partial charge in [-0.2, -0.15) is 0 Å². The van der Waals surface area contributed by atoms with Crippen molar-refractivity contribution < 1.29 is 23.1 Å². The van der Waals surface area contributed by atoms with Crippen LogP contribution in [0, 0.1) is 11.6 Å². The number of nitrogens with two attached hydrogens (primary N) is 1. The fourth-order valence-corrected chi connectivity index (χ4v) is 4.60. The molecule has 0 radical (unpaired) electrons. The second-order valence-corrected chi connectivity index (χ2v) is 9.53. The van der Waals surface area contributed by atoms with Crippen molar-refractivity contribution in [1.29, 1.82) is 0 Å². The van der Waals surface area contributed by atoms with Crippen molar-refractivity contribution in [3.63, 3.8) is 0 Å². The van der Waals surface area contributed by atoms with E-state index in [9.17, 15) is 18.4 Å². The highest BCUT2D eigenvalue weighted by Crippen LogP contribution is 2.38. The summed E-state index contributed by atoms with van der Waals surface area (Å²) in [7, 11) is 0. The third kappa shape index (κ3) is 6.40. The molecular formula is C28H32F2N4O3. The highest BCUT2D eigenvalue weighted by Gasteiger charge is 2.49. The summed E-state index contributed by atoms with van der Waals surface area (Å²) in [6.07, 6.45) is 5.92. The van der Waals surface area contributed by atoms with Gasteiger partial charge in [0.25, 0.3) is 0 Å². The average molecular weight is 511 g/mol. The van der Waals surface area contributed by atoms with Gasteiger partial charge in [0.2, 0.25) is 11.8 Å². The van der Waals surface area contributed by atoms with Crippen molar-refractivity contribution >= 4 is 11.8 Å². The zero-order valence-electron chi connectivity index (χ0n) is 20.9. The number of aryl methyl sites for hydroxylation is 1. The lowest BCUT2D eigenvalue weighted by atomic mass is 9.84. The number of ether oxygens (including phenoxy) is 1. The summed E-state index contributed by atoms with van der Waals surface area (Å²) >= 11 is 0. The summed E-state index contributed by atoms with van der Waals surface area (Å²) in [5.41, 5.74) is 6.70. The van der Waals surface area contributed by atoms with Gasteiger partial charge in [0.1, 0.15) is 23.3 Å². The van der Waals surface area contributed by atoms with Gasteiger partial charge in [0, 0.05) is 25.6 Å². The van der Waals surface area contributed by atoms with Gasteiger partial charge in [0.05, 0.1) is 25.1 Å². The lowest BCUT2D eigenvalue weighted by Gasteiger charge is -2.51. The van der Waals surface area contributed by atoms with E-state index in [0.29, 0.717) is 37.4 Å². The maximum Gasteiger partial charge on any atom is 0.246 e. The molecule has 1 atom stereocenters. The molecule has 3 aromatic rings. The summed E-state index contributed by atoms with van der Waals surface area (Å²) in [6.45, 7) is 3.26. The van der Waals surface area contributed by atoms with Crippen LogP contribution in [0.15, 0.2) is 61.1 Å². The number of aromatic nitrogens is 2. The highest BCUT2D eigenvalue weighted by molar-refractivity contribution is 5.82. The Labute approximate surface area is 215 Å². The van der Waals surface area contributed by atoms with Crippen molar-refractivity contribution in [1.82, 2.24) is 14.5 Å². The molecule has 2 heterocycles. The minimum absolute atomic E-state index is 0.153. The Hall–Kier alpha value is -3.59. The first-order valence-corrected chi connectivity index (χ1v) is 12.5. The number of rotatable bonds is 12. The second-order valence-electron chi connectivity index (χ2n) is 9.53. The molecule has 196 valence electrons. The van der Waals surface area contributed by atoms with Crippen LogP contribution in [-0.4, -0.2) is 46.0 Å². The number of carbonyl (C=O) groups is 2. The first-order chi connectivity index (χ1) is 17.8. The Bertz CT molecular complexity index is 1220. The summed E-state index contributed by atoms with van der Waals surface area (Å²) in [5.74, 6) is -1.29. The fraction of sp³-hybridized carbons (Fsp3) is 0.393. The van der Waals surface area contributed by atoms with E-state index >= 15 is 0 Å². The first kappa shape index (κ1) is 26.5. The molecule has 0 aliphatic carbocycles. The molecule has 37 heavy (non-hydrogen) atoms. The molecule has 0 unspecified atom stereocenters. The van der Waals surface area contributed by atoms with Crippen molar-refractivity contribution in [2.75, 3.05) is 19.7 Å². The summed E-state index contributed by atoms with van der Waals surface area (Å²) in [4.78, 5) is 31.0. The molecule has 1 aliphatic rings. The molecule has 1 saturated heterocycles. The highest BCUT2D eigenvalue weighted by atomic mass is 19.1. The number of hydrogen-bond acceptors (Lipinski definition) is 4. The summed E-state index contributed by atoms with van der Waals surface area (Å²) in [5, 5.41) is 0. The third-order valence-corrected chi connectivity index (χ3v) is 6.70. The Kier molecular flexibility index (Phi) is 8.33. The molecule has 2 amide bonds. The van der Waals surface area contributed by atoms with E-state index in [2.05, 4.69) is 11.9 Å². The maximum atomic E-state index is 13.9. The molecule has 7 nitrogen and oxygen atoms in total. The number of benzene rings is 2. The number of carbonyl (C=O) groups excluding carboxylic acids is 2. The van der Waals surface area contributed by atoms with E-state index in [4.69, 9.17) is 10.5 Å². The topological polar surface area (TPSA) is 90.4 Å². The Morgan fingerprint density at radius 3 is 2.57 bits per heavy atom. The number of unbranched alkanes of at least 4 members (excludes halogenated alkanes) is 1. The average Bonchev–Trinajstić information content (AvgIpc) is 3.32. The van der Waals surface area contributed by atoms with Gasteiger partial charge in [-0.05, 0) is 48.2 Å². The maximum absolute atomic E-state index is 13.9. The van der Waals surface area contributed by atoms with E-state index < -0.39 is 17.6 Å². The van der Waals surface area contributed by atoms with Crippen molar-refractivity contribution in [3.8, 4) is 0 Å². The predicted molar refractivity (Wildman–Crippen MR) is 134 cm³/mol. The monoisotopic (exact) mass is 510 g/mol. The number of amides is 2. The van der Waals surface area contributed by atoms with Crippen molar-refractivity contribution in [2.45, 2.75) is 50.7 Å². The molecule has 0 saturated carbocycles. The van der Waals surface area contributed by atoms with Crippen LogP contribution in [0.5, 0.6) is 0 Å². The van der Waals surface area contributed by atoms with Crippen LogP contribution in [-0.2, 0) is 32.8 Å². The van der Waals surface area contributed by atoms with Gasteiger partial charge < -0.3 is 19.9 Å². The van der Waals surface area contributed by atoms with Crippen molar-refractivity contribution in [2.24, 2.45) is 5.73 Å². The van der Waals surface area contributed by atoms with Crippen LogP contribution in [0.25, 0.3) is 0 Å². The number of halogens is 2. The molecule has 1 aliphatic heterocycles. The molecule has 0 bridgehead atoms. The molecule has 2 aromatic carbocycles. The van der Waals surface area contributed by atoms with Crippen molar-refractivity contribution in [3.05, 3.63) is 89.5 Å². The summed E-state index contributed by atoms with van der Waals surface area (Å²) < 4.78 is 35.4. The summed E-state index contributed by atoms with van der Waals surface area (Å²) in [6, 6.07) is 11.7. The van der Waals surface area contributed by atoms with Gasteiger partial charge >= 0.3 is 0 Å². The van der Waals surface area contributed by atoms with Gasteiger partial charge in [-0.1, -0.05) is 37.6 Å². The quantitative estimate of drug-likeness (QED) is 0.374. The van der Waals surface area contributed by atoms with Gasteiger partial charge in [-0.25, -0.2) is 13.8 Å². The lowest BCUT2D eigenvalue weighted by molar-refractivity contribution is -0.176. The van der Waals surface area contributed by atoms with E-state index in [1.807, 2.05) is 0 Å². The number of likely N-dealkylation sites (tertiary alicyclic amines) is 1. The molecule has 9 heteroatoms. The second kappa shape index (κ2) is 11.6. The minimum Gasteiger partial charge on any atom is -0.370 e. The normalized spacial score (nSPS) is 15.3. The Balaban J connectivity index is 1.56. The first-order valence-electron chi connectivity index (χ1n) is 12.5. The Morgan fingerprint density at radius 2 is 1.89 bits per heavy atom. The number of primary amides is 1. The zero-order chi connectivity index (χ0) is 26.4.